The van der Waals surface area contributed by atoms with E-state index in [2.05, 4.69) is 15.5 Å². The Morgan fingerprint density at radius 3 is 2.68 bits per heavy atom. The van der Waals surface area contributed by atoms with Gasteiger partial charge in [0.15, 0.2) is 5.82 Å². The molecule has 136 valence electrons. The number of hydrogen-bond donors (Lipinski definition) is 2. The van der Waals surface area contributed by atoms with Crippen molar-refractivity contribution in [1.82, 2.24) is 10.1 Å². The van der Waals surface area contributed by atoms with E-state index in [1.165, 1.54) is 11.8 Å². The number of carbonyl (C=O) groups excluding carboxylic acids is 1. The Bertz CT molecular complexity index is 716. The lowest BCUT2D eigenvalue weighted by Crippen LogP contribution is -2.44. The number of aryl methyl sites for hydroxylation is 1. The number of halogens is 1. The summed E-state index contributed by atoms with van der Waals surface area (Å²) in [4.78, 5) is 16.5. The predicted molar refractivity (Wildman–Crippen MR) is 102 cm³/mol. The third kappa shape index (κ3) is 4.74. The van der Waals surface area contributed by atoms with Crippen LogP contribution in [0.4, 0.5) is 5.69 Å². The number of rotatable bonds is 6. The van der Waals surface area contributed by atoms with Crippen molar-refractivity contribution in [1.29, 1.82) is 0 Å². The van der Waals surface area contributed by atoms with Gasteiger partial charge in [-0.3, -0.25) is 4.79 Å². The maximum Gasteiger partial charge on any atom is 0.239 e. The molecular formula is C17H23ClN4O2S. The Hall–Kier alpha value is -1.57. The number of carbonyl (C=O) groups is 1. The van der Waals surface area contributed by atoms with Gasteiger partial charge >= 0.3 is 0 Å². The van der Waals surface area contributed by atoms with Gasteiger partial charge < -0.3 is 15.6 Å². The van der Waals surface area contributed by atoms with Crippen molar-refractivity contribution in [2.24, 2.45) is 5.73 Å². The van der Waals surface area contributed by atoms with E-state index in [-0.39, 0.29) is 23.6 Å². The maximum atomic E-state index is 12.0. The van der Waals surface area contributed by atoms with Crippen molar-refractivity contribution in [2.45, 2.75) is 43.9 Å². The van der Waals surface area contributed by atoms with Gasteiger partial charge in [0.2, 0.25) is 11.8 Å². The Labute approximate surface area is 157 Å². The summed E-state index contributed by atoms with van der Waals surface area (Å²) < 4.78 is 5.32. The molecule has 0 saturated heterocycles. The number of amides is 1. The average Bonchev–Trinajstić information content (AvgIpc) is 3.03. The molecule has 6 nitrogen and oxygen atoms in total. The quantitative estimate of drug-likeness (QED) is 0.793. The molecule has 8 heteroatoms. The first-order valence-electron chi connectivity index (χ1n) is 8.07. The highest BCUT2D eigenvalue weighted by molar-refractivity contribution is 8.00. The second kappa shape index (κ2) is 8.21. The first-order chi connectivity index (χ1) is 11.5. The Morgan fingerprint density at radius 1 is 1.40 bits per heavy atom. The molecule has 1 amide bonds. The average molecular weight is 383 g/mol. The molecule has 1 saturated carbocycles. The standard InChI is InChI=1S/C17H22N4O2S.ClH/c1-11-4-6-13(7-5-11)19-14(22)10-24-12(2)15-20-16(21-23-15)17(18)8-3-9-17;/h4-7,12H,3,8-10,18H2,1-2H3,(H,19,22);1H. The molecule has 1 heterocycles. The van der Waals surface area contributed by atoms with Crippen molar-refractivity contribution >= 4 is 35.8 Å². The summed E-state index contributed by atoms with van der Waals surface area (Å²) in [6.45, 7) is 3.96. The summed E-state index contributed by atoms with van der Waals surface area (Å²) in [5, 5.41) is 6.83. The fraction of sp³-hybridized carbons (Fsp3) is 0.471. The Kier molecular flexibility index (Phi) is 6.48. The van der Waals surface area contributed by atoms with Gasteiger partial charge in [0.25, 0.3) is 0 Å². The van der Waals surface area contributed by atoms with E-state index in [0.29, 0.717) is 17.5 Å². The molecule has 0 bridgehead atoms. The van der Waals surface area contributed by atoms with Crippen molar-refractivity contribution in [2.75, 3.05) is 11.1 Å². The highest BCUT2D eigenvalue weighted by atomic mass is 35.5. The van der Waals surface area contributed by atoms with Gasteiger partial charge in [-0.2, -0.15) is 4.98 Å². The van der Waals surface area contributed by atoms with Crippen LogP contribution in [0, 0.1) is 6.92 Å². The summed E-state index contributed by atoms with van der Waals surface area (Å²) in [5.74, 6) is 1.38. The number of thioether (sulfide) groups is 1. The van der Waals surface area contributed by atoms with Gasteiger partial charge in [-0.05, 0) is 45.2 Å². The molecule has 1 aromatic heterocycles. The third-order valence-corrected chi connectivity index (χ3v) is 5.41. The maximum absolute atomic E-state index is 12.0. The predicted octanol–water partition coefficient (Wildman–Crippen LogP) is 3.57. The molecule has 2 aromatic rings. The topological polar surface area (TPSA) is 94.0 Å². The smallest absolute Gasteiger partial charge is 0.239 e. The van der Waals surface area contributed by atoms with Crippen molar-refractivity contribution in [3.05, 3.63) is 41.5 Å². The van der Waals surface area contributed by atoms with Crippen LogP contribution < -0.4 is 11.1 Å². The largest absolute Gasteiger partial charge is 0.338 e. The molecular weight excluding hydrogens is 360 g/mol. The number of anilines is 1. The van der Waals surface area contributed by atoms with Crippen LogP contribution in [-0.4, -0.2) is 21.8 Å². The molecule has 1 unspecified atom stereocenters. The monoisotopic (exact) mass is 382 g/mol. The van der Waals surface area contributed by atoms with E-state index >= 15 is 0 Å². The number of aromatic nitrogens is 2. The summed E-state index contributed by atoms with van der Waals surface area (Å²) in [5.41, 5.74) is 7.74. The Morgan fingerprint density at radius 2 is 2.08 bits per heavy atom. The molecule has 1 atom stereocenters. The molecule has 1 aliphatic carbocycles. The summed E-state index contributed by atoms with van der Waals surface area (Å²) in [6, 6.07) is 7.72. The summed E-state index contributed by atoms with van der Waals surface area (Å²) in [6.07, 6.45) is 2.89. The van der Waals surface area contributed by atoms with E-state index in [0.717, 1.165) is 30.5 Å². The molecule has 3 N–H and O–H groups in total. The van der Waals surface area contributed by atoms with Crippen LogP contribution in [0.2, 0.25) is 0 Å². The van der Waals surface area contributed by atoms with Crippen LogP contribution in [0.3, 0.4) is 0 Å². The van der Waals surface area contributed by atoms with Gasteiger partial charge in [0.1, 0.15) is 0 Å². The molecule has 0 spiro atoms. The van der Waals surface area contributed by atoms with Crippen LogP contribution in [-0.2, 0) is 10.3 Å². The number of hydrogen-bond acceptors (Lipinski definition) is 6. The fourth-order valence-corrected chi connectivity index (χ4v) is 3.20. The normalized spacial score (nSPS) is 16.4. The number of nitrogens with zero attached hydrogens (tertiary/aromatic N) is 2. The minimum Gasteiger partial charge on any atom is -0.338 e. The highest BCUT2D eigenvalue weighted by Crippen LogP contribution is 2.38. The SMILES string of the molecule is Cc1ccc(NC(=O)CSC(C)c2nc(C3(N)CCC3)no2)cc1.Cl. The van der Waals surface area contributed by atoms with Crippen molar-refractivity contribution < 1.29 is 9.32 Å². The molecule has 1 aromatic carbocycles. The molecule has 1 fully saturated rings. The van der Waals surface area contributed by atoms with Crippen molar-refractivity contribution in [3.8, 4) is 0 Å². The third-order valence-electron chi connectivity index (χ3n) is 4.28. The molecule has 1 aliphatic rings. The minimum atomic E-state index is -0.422. The van der Waals surface area contributed by atoms with E-state index in [1.807, 2.05) is 38.1 Å². The zero-order valence-corrected chi connectivity index (χ0v) is 16.0. The molecule has 25 heavy (non-hydrogen) atoms. The van der Waals surface area contributed by atoms with Gasteiger partial charge in [-0.25, -0.2) is 0 Å². The second-order valence-corrected chi connectivity index (χ2v) is 7.66. The zero-order valence-electron chi connectivity index (χ0n) is 14.3. The fourth-order valence-electron chi connectivity index (χ4n) is 2.49. The first-order valence-corrected chi connectivity index (χ1v) is 9.12. The summed E-state index contributed by atoms with van der Waals surface area (Å²) in [7, 11) is 0. The second-order valence-electron chi connectivity index (χ2n) is 6.33. The van der Waals surface area contributed by atoms with E-state index in [9.17, 15) is 4.79 Å². The number of nitrogens with two attached hydrogens (primary N) is 1. The molecule has 3 rings (SSSR count). The first kappa shape index (κ1) is 19.8. The molecule has 0 radical (unpaired) electrons. The highest BCUT2D eigenvalue weighted by Gasteiger charge is 2.39. The van der Waals surface area contributed by atoms with Gasteiger partial charge in [-0.1, -0.05) is 22.9 Å². The van der Waals surface area contributed by atoms with Gasteiger partial charge in [0, 0.05) is 5.69 Å². The molecule has 0 aliphatic heterocycles. The van der Waals surface area contributed by atoms with Crippen LogP contribution in [0.25, 0.3) is 0 Å². The van der Waals surface area contributed by atoms with E-state index < -0.39 is 5.54 Å². The van der Waals surface area contributed by atoms with Crippen LogP contribution >= 0.6 is 24.2 Å². The zero-order chi connectivity index (χ0) is 17.2. The number of nitrogens with one attached hydrogen (secondary N) is 1. The summed E-state index contributed by atoms with van der Waals surface area (Å²) >= 11 is 1.46. The minimum absolute atomic E-state index is 0. The lowest BCUT2D eigenvalue weighted by atomic mass is 9.77. The Balaban J connectivity index is 0.00000225. The lowest BCUT2D eigenvalue weighted by molar-refractivity contribution is -0.113. The van der Waals surface area contributed by atoms with Crippen molar-refractivity contribution in [3.63, 3.8) is 0 Å². The lowest BCUT2D eigenvalue weighted by Gasteiger charge is -2.34. The van der Waals surface area contributed by atoms with E-state index in [1.54, 1.807) is 0 Å². The van der Waals surface area contributed by atoms with E-state index in [4.69, 9.17) is 10.3 Å². The van der Waals surface area contributed by atoms with Crippen LogP contribution in [0.1, 0.15) is 48.7 Å². The van der Waals surface area contributed by atoms with Gasteiger partial charge in [-0.15, -0.1) is 24.2 Å². The van der Waals surface area contributed by atoms with Crippen LogP contribution in [0.15, 0.2) is 28.8 Å². The number of benzene rings is 1. The van der Waals surface area contributed by atoms with Crippen LogP contribution in [0.5, 0.6) is 0 Å². The van der Waals surface area contributed by atoms with Gasteiger partial charge in [0.05, 0.1) is 16.5 Å².